The molecule has 0 aromatic carbocycles. The van der Waals surface area contributed by atoms with E-state index in [1.165, 1.54) is 0 Å². The highest BCUT2D eigenvalue weighted by Gasteiger charge is 2.35. The van der Waals surface area contributed by atoms with Crippen LogP contribution in [0.1, 0.15) is 26.7 Å². The van der Waals surface area contributed by atoms with E-state index in [2.05, 4.69) is 5.32 Å². The van der Waals surface area contributed by atoms with E-state index >= 15 is 0 Å². The minimum absolute atomic E-state index is 0.0443. The summed E-state index contributed by atoms with van der Waals surface area (Å²) in [5.74, 6) is 0.500. The van der Waals surface area contributed by atoms with Gasteiger partial charge in [0.05, 0.1) is 17.6 Å². The SMILES string of the molecule is CCC(C)CS(=O)(=O)C1COCCC1NC. The molecule has 1 aliphatic heterocycles. The lowest BCUT2D eigenvalue weighted by atomic mass is 10.1. The van der Waals surface area contributed by atoms with Crippen molar-refractivity contribution in [1.82, 2.24) is 5.32 Å². The first kappa shape index (κ1) is 13.9. The molecule has 0 bridgehead atoms. The fourth-order valence-corrected chi connectivity index (χ4v) is 4.39. The molecule has 0 spiro atoms. The van der Waals surface area contributed by atoms with E-state index < -0.39 is 9.84 Å². The molecule has 3 unspecified atom stereocenters. The van der Waals surface area contributed by atoms with Gasteiger partial charge in [-0.15, -0.1) is 0 Å². The molecule has 0 aliphatic carbocycles. The number of hydrogen-bond donors (Lipinski definition) is 1. The number of hydrogen-bond acceptors (Lipinski definition) is 4. The lowest BCUT2D eigenvalue weighted by molar-refractivity contribution is 0.0825. The Bertz CT molecular complexity index is 302. The Morgan fingerprint density at radius 2 is 2.19 bits per heavy atom. The molecular formula is C11H23NO3S. The maximum Gasteiger partial charge on any atom is 0.157 e. The highest BCUT2D eigenvalue weighted by Crippen LogP contribution is 2.19. The number of nitrogens with one attached hydrogen (secondary N) is 1. The molecular weight excluding hydrogens is 226 g/mol. The topological polar surface area (TPSA) is 55.4 Å². The van der Waals surface area contributed by atoms with Crippen LogP contribution >= 0.6 is 0 Å². The van der Waals surface area contributed by atoms with Crippen molar-refractivity contribution in [2.24, 2.45) is 5.92 Å². The van der Waals surface area contributed by atoms with E-state index in [0.29, 0.717) is 13.2 Å². The van der Waals surface area contributed by atoms with Crippen LogP contribution in [0, 0.1) is 5.92 Å². The van der Waals surface area contributed by atoms with Crippen LogP contribution in [-0.4, -0.2) is 45.7 Å². The molecule has 3 atom stereocenters. The molecule has 1 saturated heterocycles. The third-order valence-electron chi connectivity index (χ3n) is 3.35. The van der Waals surface area contributed by atoms with Crippen molar-refractivity contribution in [1.29, 1.82) is 0 Å². The van der Waals surface area contributed by atoms with Gasteiger partial charge in [0.15, 0.2) is 9.84 Å². The second-order valence-corrected chi connectivity index (χ2v) is 6.90. The van der Waals surface area contributed by atoms with Gasteiger partial charge in [-0.1, -0.05) is 20.3 Å². The molecule has 5 heteroatoms. The van der Waals surface area contributed by atoms with Gasteiger partial charge in [-0.3, -0.25) is 0 Å². The average Bonchev–Trinajstić information content (AvgIpc) is 2.28. The molecule has 0 amide bonds. The Morgan fingerprint density at radius 1 is 1.50 bits per heavy atom. The normalized spacial score (nSPS) is 28.9. The van der Waals surface area contributed by atoms with Gasteiger partial charge in [-0.25, -0.2) is 8.42 Å². The Labute approximate surface area is 98.7 Å². The van der Waals surface area contributed by atoms with E-state index in [1.807, 2.05) is 20.9 Å². The number of ether oxygens (including phenoxy) is 1. The first-order chi connectivity index (χ1) is 7.51. The largest absolute Gasteiger partial charge is 0.380 e. The van der Waals surface area contributed by atoms with Crippen LogP contribution in [0.4, 0.5) is 0 Å². The third-order valence-corrected chi connectivity index (χ3v) is 5.77. The second-order valence-electron chi connectivity index (χ2n) is 4.64. The zero-order valence-electron chi connectivity index (χ0n) is 10.4. The van der Waals surface area contributed by atoms with Crippen molar-refractivity contribution < 1.29 is 13.2 Å². The van der Waals surface area contributed by atoms with Crippen molar-refractivity contribution in [3.8, 4) is 0 Å². The van der Waals surface area contributed by atoms with Gasteiger partial charge in [0, 0.05) is 12.6 Å². The van der Waals surface area contributed by atoms with Crippen LogP contribution < -0.4 is 5.32 Å². The monoisotopic (exact) mass is 249 g/mol. The molecule has 1 heterocycles. The van der Waals surface area contributed by atoms with E-state index in [1.54, 1.807) is 0 Å². The molecule has 1 aliphatic rings. The van der Waals surface area contributed by atoms with Crippen molar-refractivity contribution in [3.63, 3.8) is 0 Å². The maximum absolute atomic E-state index is 12.2. The lowest BCUT2D eigenvalue weighted by Crippen LogP contribution is -2.50. The summed E-state index contributed by atoms with van der Waals surface area (Å²) in [6.45, 7) is 4.99. The summed E-state index contributed by atoms with van der Waals surface area (Å²) in [7, 11) is -1.22. The molecule has 0 saturated carbocycles. The molecule has 0 aromatic heterocycles. The van der Waals surface area contributed by atoms with Gasteiger partial charge in [0.2, 0.25) is 0 Å². The summed E-state index contributed by atoms with van der Waals surface area (Å²) in [5, 5.41) is 2.72. The van der Waals surface area contributed by atoms with Crippen molar-refractivity contribution in [3.05, 3.63) is 0 Å². The second kappa shape index (κ2) is 5.98. The Morgan fingerprint density at radius 3 is 2.75 bits per heavy atom. The summed E-state index contributed by atoms with van der Waals surface area (Å²) in [5.41, 5.74) is 0. The molecule has 1 N–H and O–H groups in total. The first-order valence-corrected chi connectivity index (χ1v) is 7.69. The fraction of sp³-hybridized carbons (Fsp3) is 1.00. The Kier molecular flexibility index (Phi) is 5.21. The molecule has 0 aromatic rings. The van der Waals surface area contributed by atoms with Gasteiger partial charge in [0.25, 0.3) is 0 Å². The van der Waals surface area contributed by atoms with Gasteiger partial charge < -0.3 is 10.1 Å². The van der Waals surface area contributed by atoms with Crippen molar-refractivity contribution in [2.75, 3.05) is 26.0 Å². The third kappa shape index (κ3) is 3.43. The van der Waals surface area contributed by atoms with E-state index in [-0.39, 0.29) is 23.0 Å². The van der Waals surface area contributed by atoms with Gasteiger partial charge >= 0.3 is 0 Å². The summed E-state index contributed by atoms with van der Waals surface area (Å²) in [6.07, 6.45) is 1.68. The van der Waals surface area contributed by atoms with Crippen molar-refractivity contribution in [2.45, 2.75) is 38.0 Å². The molecule has 1 fully saturated rings. The molecule has 96 valence electrons. The molecule has 0 radical (unpaired) electrons. The molecule has 4 nitrogen and oxygen atoms in total. The predicted octanol–water partition coefficient (Wildman–Crippen LogP) is 0.824. The minimum Gasteiger partial charge on any atom is -0.380 e. The number of rotatable bonds is 5. The fourth-order valence-electron chi connectivity index (χ4n) is 2.03. The van der Waals surface area contributed by atoms with Crippen LogP contribution in [0.15, 0.2) is 0 Å². The van der Waals surface area contributed by atoms with Gasteiger partial charge in [-0.2, -0.15) is 0 Å². The van der Waals surface area contributed by atoms with Crippen molar-refractivity contribution >= 4 is 9.84 Å². The van der Waals surface area contributed by atoms with Gasteiger partial charge in [-0.05, 0) is 19.4 Å². The quantitative estimate of drug-likeness (QED) is 0.784. The highest BCUT2D eigenvalue weighted by atomic mass is 32.2. The summed E-state index contributed by atoms with van der Waals surface area (Å²) < 4.78 is 29.7. The van der Waals surface area contributed by atoms with Crippen LogP contribution in [0.2, 0.25) is 0 Å². The number of sulfone groups is 1. The van der Waals surface area contributed by atoms with E-state index in [0.717, 1.165) is 12.8 Å². The van der Waals surface area contributed by atoms with E-state index in [4.69, 9.17) is 4.74 Å². The minimum atomic E-state index is -3.04. The highest BCUT2D eigenvalue weighted by molar-refractivity contribution is 7.92. The van der Waals surface area contributed by atoms with E-state index in [9.17, 15) is 8.42 Å². The summed E-state index contributed by atoms with van der Waals surface area (Å²) in [6, 6.07) is 0.0443. The summed E-state index contributed by atoms with van der Waals surface area (Å²) >= 11 is 0. The van der Waals surface area contributed by atoms with Gasteiger partial charge in [0.1, 0.15) is 0 Å². The predicted molar refractivity (Wildman–Crippen MR) is 65.3 cm³/mol. The van der Waals surface area contributed by atoms with Crippen LogP contribution in [0.5, 0.6) is 0 Å². The average molecular weight is 249 g/mol. The first-order valence-electron chi connectivity index (χ1n) is 5.97. The Hall–Kier alpha value is -0.130. The molecule has 1 rings (SSSR count). The standard InChI is InChI=1S/C11H23NO3S/c1-4-9(2)8-16(13,14)11-7-15-6-5-10(11)12-3/h9-12H,4-8H2,1-3H3. The van der Waals surface area contributed by atoms with Crippen LogP contribution in [0.25, 0.3) is 0 Å². The summed E-state index contributed by atoms with van der Waals surface area (Å²) in [4.78, 5) is 0. The maximum atomic E-state index is 12.2. The molecule has 16 heavy (non-hydrogen) atoms. The van der Waals surface area contributed by atoms with Crippen LogP contribution in [-0.2, 0) is 14.6 Å². The zero-order valence-corrected chi connectivity index (χ0v) is 11.2. The van der Waals surface area contributed by atoms with Crippen LogP contribution in [0.3, 0.4) is 0 Å². The Balaban J connectivity index is 2.72. The lowest BCUT2D eigenvalue weighted by Gasteiger charge is -2.31. The zero-order chi connectivity index (χ0) is 12.2. The smallest absolute Gasteiger partial charge is 0.157 e.